The number of amides is 2. The van der Waals surface area contributed by atoms with Crippen LogP contribution in [0.3, 0.4) is 0 Å². The standard InChI is InChI=1S/C24H25N3O5S2/c1-17-5-11-20(12-6-17)34(31,32)27(2)16-18-7-9-19(10-8-18)24(30)26-25-23(29)14-13-21(28)22-4-3-15-33-22/h3-12,15H,13-14,16H2,1-2H3,(H,25,29)(H,26,30). The Morgan fingerprint density at radius 1 is 0.912 bits per heavy atom. The molecule has 0 unspecified atom stereocenters. The number of nitrogens with one attached hydrogen (secondary N) is 2. The molecule has 2 N–H and O–H groups in total. The summed E-state index contributed by atoms with van der Waals surface area (Å²) in [5.41, 5.74) is 6.57. The average Bonchev–Trinajstić information content (AvgIpc) is 3.37. The number of hydrogen-bond acceptors (Lipinski definition) is 6. The summed E-state index contributed by atoms with van der Waals surface area (Å²) in [6, 6.07) is 16.5. The maximum absolute atomic E-state index is 12.7. The van der Waals surface area contributed by atoms with Gasteiger partial charge in [0.15, 0.2) is 5.78 Å². The highest BCUT2D eigenvalue weighted by atomic mass is 32.2. The van der Waals surface area contributed by atoms with E-state index in [2.05, 4.69) is 10.9 Å². The first kappa shape index (κ1) is 25.3. The lowest BCUT2D eigenvalue weighted by Crippen LogP contribution is -2.41. The lowest BCUT2D eigenvalue weighted by atomic mass is 10.1. The second kappa shape index (κ2) is 11.2. The first-order valence-electron chi connectivity index (χ1n) is 10.4. The van der Waals surface area contributed by atoms with Crippen molar-refractivity contribution >= 4 is 39.0 Å². The van der Waals surface area contributed by atoms with Gasteiger partial charge in [0.25, 0.3) is 5.91 Å². The number of thiophene rings is 1. The minimum atomic E-state index is -3.64. The van der Waals surface area contributed by atoms with Crippen molar-refractivity contribution in [3.63, 3.8) is 0 Å². The second-order valence-corrected chi connectivity index (χ2v) is 10.7. The number of ketones is 1. The van der Waals surface area contributed by atoms with E-state index in [4.69, 9.17) is 0 Å². The zero-order chi connectivity index (χ0) is 24.7. The molecule has 1 heterocycles. The number of benzene rings is 2. The number of carbonyl (C=O) groups excluding carboxylic acids is 3. The third kappa shape index (κ3) is 6.60. The summed E-state index contributed by atoms with van der Waals surface area (Å²) in [4.78, 5) is 36.9. The van der Waals surface area contributed by atoms with Gasteiger partial charge < -0.3 is 0 Å². The Balaban J connectivity index is 1.49. The van der Waals surface area contributed by atoms with Crippen LogP contribution in [-0.4, -0.2) is 37.4 Å². The number of sulfonamides is 1. The van der Waals surface area contributed by atoms with E-state index >= 15 is 0 Å². The summed E-state index contributed by atoms with van der Waals surface area (Å²) in [6.07, 6.45) is 0.00761. The summed E-state index contributed by atoms with van der Waals surface area (Å²) in [5, 5.41) is 1.79. The summed E-state index contributed by atoms with van der Waals surface area (Å²) in [6.45, 7) is 2.02. The van der Waals surface area contributed by atoms with Crippen LogP contribution in [0.15, 0.2) is 70.9 Å². The van der Waals surface area contributed by atoms with Gasteiger partial charge in [-0.2, -0.15) is 4.31 Å². The highest BCUT2D eigenvalue weighted by Crippen LogP contribution is 2.18. The Morgan fingerprint density at radius 2 is 1.59 bits per heavy atom. The molecule has 8 nitrogen and oxygen atoms in total. The summed E-state index contributed by atoms with van der Waals surface area (Å²) >= 11 is 1.32. The van der Waals surface area contributed by atoms with Crippen LogP contribution in [0.1, 0.15) is 44.0 Å². The SMILES string of the molecule is Cc1ccc(S(=O)(=O)N(C)Cc2ccc(C(=O)NNC(=O)CCC(=O)c3cccs3)cc2)cc1. The highest BCUT2D eigenvalue weighted by Gasteiger charge is 2.21. The zero-order valence-corrected chi connectivity index (χ0v) is 20.4. The molecule has 2 amide bonds. The molecule has 3 rings (SSSR count). The van der Waals surface area contributed by atoms with E-state index in [-0.39, 0.29) is 30.1 Å². The molecule has 178 valence electrons. The number of Topliss-reactive ketones (excluding diaryl/α,β-unsaturated/α-hetero) is 1. The molecule has 0 saturated heterocycles. The molecule has 3 aromatic rings. The lowest BCUT2D eigenvalue weighted by Gasteiger charge is -2.17. The normalized spacial score (nSPS) is 11.3. The van der Waals surface area contributed by atoms with Crippen molar-refractivity contribution in [2.24, 2.45) is 0 Å². The molecule has 10 heteroatoms. The summed E-state index contributed by atoms with van der Waals surface area (Å²) < 4.78 is 26.7. The van der Waals surface area contributed by atoms with Gasteiger partial charge in [0.1, 0.15) is 0 Å². The fraction of sp³-hybridized carbons (Fsp3) is 0.208. The average molecular weight is 500 g/mol. The molecule has 0 aliphatic carbocycles. The van der Waals surface area contributed by atoms with Crippen LogP contribution in [0.4, 0.5) is 0 Å². The zero-order valence-electron chi connectivity index (χ0n) is 18.8. The smallest absolute Gasteiger partial charge is 0.269 e. The molecule has 0 saturated carbocycles. The number of rotatable bonds is 9. The Bertz CT molecular complexity index is 1250. The summed E-state index contributed by atoms with van der Waals surface area (Å²) in [5.74, 6) is -1.12. The van der Waals surface area contributed by atoms with Crippen LogP contribution in [0, 0.1) is 6.92 Å². The molecule has 0 radical (unpaired) electrons. The Labute approximate surface area is 202 Å². The molecule has 1 aromatic heterocycles. The number of hydrazine groups is 1. The maximum atomic E-state index is 12.7. The van der Waals surface area contributed by atoms with Crippen molar-refractivity contribution in [1.82, 2.24) is 15.2 Å². The van der Waals surface area contributed by atoms with Gasteiger partial charge in [0, 0.05) is 32.0 Å². The molecule has 2 aromatic carbocycles. The Kier molecular flexibility index (Phi) is 8.32. The van der Waals surface area contributed by atoms with Crippen molar-refractivity contribution in [2.75, 3.05) is 7.05 Å². The van der Waals surface area contributed by atoms with E-state index in [1.54, 1.807) is 66.0 Å². The maximum Gasteiger partial charge on any atom is 0.269 e. The molecule has 0 spiro atoms. The van der Waals surface area contributed by atoms with Gasteiger partial charge in [0.05, 0.1) is 9.77 Å². The fourth-order valence-electron chi connectivity index (χ4n) is 3.04. The van der Waals surface area contributed by atoms with E-state index < -0.39 is 21.8 Å². The van der Waals surface area contributed by atoms with Gasteiger partial charge in [-0.3, -0.25) is 25.2 Å². The molecule has 34 heavy (non-hydrogen) atoms. The van der Waals surface area contributed by atoms with E-state index in [1.165, 1.54) is 22.7 Å². The molecule has 0 fully saturated rings. The van der Waals surface area contributed by atoms with Crippen LogP contribution in [0.2, 0.25) is 0 Å². The van der Waals surface area contributed by atoms with Crippen molar-refractivity contribution in [3.05, 3.63) is 87.6 Å². The van der Waals surface area contributed by atoms with E-state index in [1.807, 2.05) is 6.92 Å². The van der Waals surface area contributed by atoms with Crippen LogP contribution in [-0.2, 0) is 21.4 Å². The highest BCUT2D eigenvalue weighted by molar-refractivity contribution is 7.89. The molecule has 0 aliphatic rings. The topological polar surface area (TPSA) is 113 Å². The van der Waals surface area contributed by atoms with Gasteiger partial charge in [0.2, 0.25) is 15.9 Å². The summed E-state index contributed by atoms with van der Waals surface area (Å²) in [7, 11) is -2.15. The molecular formula is C24H25N3O5S2. The molecular weight excluding hydrogens is 474 g/mol. The van der Waals surface area contributed by atoms with Crippen LogP contribution < -0.4 is 10.9 Å². The Morgan fingerprint density at radius 3 is 2.21 bits per heavy atom. The second-order valence-electron chi connectivity index (χ2n) is 7.67. The molecule has 0 aliphatic heterocycles. The van der Waals surface area contributed by atoms with Gasteiger partial charge in [-0.15, -0.1) is 11.3 Å². The van der Waals surface area contributed by atoms with Gasteiger partial charge in [-0.1, -0.05) is 35.9 Å². The number of aryl methyl sites for hydroxylation is 1. The van der Waals surface area contributed by atoms with E-state index in [9.17, 15) is 22.8 Å². The predicted octanol–water partition coefficient (Wildman–Crippen LogP) is 3.30. The van der Waals surface area contributed by atoms with Gasteiger partial charge in [-0.05, 0) is 48.2 Å². The van der Waals surface area contributed by atoms with Crippen molar-refractivity contribution < 1.29 is 22.8 Å². The largest absolute Gasteiger partial charge is 0.293 e. The Hall–Kier alpha value is -3.34. The van der Waals surface area contributed by atoms with Crippen LogP contribution in [0.25, 0.3) is 0 Å². The predicted molar refractivity (Wildman–Crippen MR) is 130 cm³/mol. The third-order valence-electron chi connectivity index (χ3n) is 5.04. The fourth-order valence-corrected chi connectivity index (χ4v) is 4.90. The van der Waals surface area contributed by atoms with E-state index in [0.717, 1.165) is 5.56 Å². The van der Waals surface area contributed by atoms with Crippen LogP contribution in [0.5, 0.6) is 0 Å². The lowest BCUT2D eigenvalue weighted by molar-refractivity contribution is -0.121. The van der Waals surface area contributed by atoms with Crippen molar-refractivity contribution in [2.45, 2.75) is 31.2 Å². The number of hydrogen-bond donors (Lipinski definition) is 2. The van der Waals surface area contributed by atoms with Gasteiger partial charge in [-0.25, -0.2) is 8.42 Å². The minimum Gasteiger partial charge on any atom is -0.293 e. The quantitative estimate of drug-likeness (QED) is 0.347. The monoisotopic (exact) mass is 499 g/mol. The first-order valence-corrected chi connectivity index (χ1v) is 12.8. The first-order chi connectivity index (χ1) is 16.2. The minimum absolute atomic E-state index is 0.0439. The number of carbonyl (C=O) groups is 3. The third-order valence-corrected chi connectivity index (χ3v) is 7.77. The molecule has 0 bridgehead atoms. The van der Waals surface area contributed by atoms with Crippen LogP contribution >= 0.6 is 11.3 Å². The number of nitrogens with zero attached hydrogens (tertiary/aromatic N) is 1. The van der Waals surface area contributed by atoms with E-state index in [0.29, 0.717) is 16.0 Å². The molecule has 0 atom stereocenters. The van der Waals surface area contributed by atoms with Crippen molar-refractivity contribution in [1.29, 1.82) is 0 Å². The van der Waals surface area contributed by atoms with Gasteiger partial charge >= 0.3 is 0 Å². The van der Waals surface area contributed by atoms with Crippen molar-refractivity contribution in [3.8, 4) is 0 Å².